The molecule has 2 saturated carbocycles. The van der Waals surface area contributed by atoms with Crippen LogP contribution >= 0.6 is 0 Å². The Kier molecular flexibility index (Phi) is 3.92. The summed E-state index contributed by atoms with van der Waals surface area (Å²) in [4.78, 5) is 0. The second-order valence-corrected chi connectivity index (χ2v) is 6.57. The van der Waals surface area contributed by atoms with Crippen molar-refractivity contribution in [1.82, 2.24) is 15.1 Å². The molecule has 1 N–H and O–H groups in total. The van der Waals surface area contributed by atoms with Gasteiger partial charge in [-0.05, 0) is 38.0 Å². The first-order chi connectivity index (χ1) is 9.24. The van der Waals surface area contributed by atoms with Gasteiger partial charge in [0.2, 0.25) is 0 Å². The largest absolute Gasteiger partial charge is 0.310 e. The molecule has 2 aliphatic rings. The van der Waals surface area contributed by atoms with Gasteiger partial charge in [0.05, 0.1) is 6.20 Å². The lowest BCUT2D eigenvalue weighted by Crippen LogP contribution is -2.38. The molecule has 0 bridgehead atoms. The lowest BCUT2D eigenvalue weighted by Gasteiger charge is -2.39. The lowest BCUT2D eigenvalue weighted by molar-refractivity contribution is 0.143. The number of hydrogen-bond donors (Lipinski definition) is 1. The Morgan fingerprint density at radius 2 is 2.00 bits per heavy atom. The van der Waals surface area contributed by atoms with E-state index in [-0.39, 0.29) is 0 Å². The Morgan fingerprint density at radius 3 is 2.74 bits per heavy atom. The highest BCUT2D eigenvalue weighted by atomic mass is 15.3. The molecule has 3 heteroatoms. The van der Waals surface area contributed by atoms with Crippen molar-refractivity contribution < 1.29 is 0 Å². The molecule has 0 amide bonds. The molecule has 1 aromatic rings. The van der Waals surface area contributed by atoms with Crippen LogP contribution in [0.1, 0.15) is 56.2 Å². The van der Waals surface area contributed by atoms with E-state index in [2.05, 4.69) is 17.3 Å². The van der Waals surface area contributed by atoms with Gasteiger partial charge in [-0.3, -0.25) is 4.68 Å². The Bertz CT molecular complexity index is 424. The number of rotatable bonds is 3. The molecule has 0 aromatic carbocycles. The first kappa shape index (κ1) is 13.2. The minimum Gasteiger partial charge on any atom is -0.310 e. The second-order valence-electron chi connectivity index (χ2n) is 6.57. The maximum Gasteiger partial charge on any atom is 0.0537 e. The van der Waals surface area contributed by atoms with Crippen molar-refractivity contribution >= 4 is 0 Å². The molecule has 1 heterocycles. The Morgan fingerprint density at radius 1 is 1.21 bits per heavy atom. The van der Waals surface area contributed by atoms with E-state index in [0.29, 0.717) is 0 Å². The number of nitrogens with zero attached hydrogens (tertiary/aromatic N) is 2. The molecule has 0 saturated heterocycles. The van der Waals surface area contributed by atoms with Crippen LogP contribution in [-0.4, -0.2) is 15.8 Å². The zero-order valence-corrected chi connectivity index (χ0v) is 12.4. The number of nitrogens with one attached hydrogen (secondary N) is 1. The van der Waals surface area contributed by atoms with Gasteiger partial charge >= 0.3 is 0 Å². The topological polar surface area (TPSA) is 29.9 Å². The molecule has 3 atom stereocenters. The average Bonchev–Trinajstić information content (AvgIpc) is 2.76. The van der Waals surface area contributed by atoms with Gasteiger partial charge in [-0.1, -0.05) is 25.7 Å². The van der Waals surface area contributed by atoms with Crippen molar-refractivity contribution in [2.45, 2.75) is 64.5 Å². The Hall–Kier alpha value is -0.830. The average molecular weight is 261 g/mol. The lowest BCUT2D eigenvalue weighted by atomic mass is 9.69. The normalized spacial score (nSPS) is 31.2. The van der Waals surface area contributed by atoms with Crippen LogP contribution in [0.15, 0.2) is 6.20 Å². The van der Waals surface area contributed by atoms with Crippen LogP contribution in [0.25, 0.3) is 0 Å². The summed E-state index contributed by atoms with van der Waals surface area (Å²) in [5, 5.41) is 8.09. The van der Waals surface area contributed by atoms with Crippen LogP contribution in [0.5, 0.6) is 0 Å². The molecule has 0 aliphatic heterocycles. The highest BCUT2D eigenvalue weighted by Crippen LogP contribution is 2.40. The third-order valence-corrected chi connectivity index (χ3v) is 5.46. The summed E-state index contributed by atoms with van der Waals surface area (Å²) in [6, 6.07) is 0.735. The second kappa shape index (κ2) is 5.66. The fraction of sp³-hybridized carbons (Fsp3) is 0.812. The standard InChI is InChI=1S/C16H27N3/c1-12-15(11-18-19(12)2)10-17-16-8-7-13-5-3-4-6-14(13)9-16/h11,13-14,16-17H,3-10H2,1-2H3. The first-order valence-corrected chi connectivity index (χ1v) is 7.95. The number of fused-ring (bicyclic) bond motifs is 1. The summed E-state index contributed by atoms with van der Waals surface area (Å²) >= 11 is 0. The molecule has 2 fully saturated rings. The number of aromatic nitrogens is 2. The molecule has 3 unspecified atom stereocenters. The Balaban J connectivity index is 1.52. The smallest absolute Gasteiger partial charge is 0.0537 e. The monoisotopic (exact) mass is 261 g/mol. The van der Waals surface area contributed by atoms with E-state index in [0.717, 1.165) is 24.4 Å². The third kappa shape index (κ3) is 2.86. The fourth-order valence-electron chi connectivity index (χ4n) is 4.03. The van der Waals surface area contributed by atoms with Gasteiger partial charge in [0.25, 0.3) is 0 Å². The molecule has 2 aliphatic carbocycles. The van der Waals surface area contributed by atoms with Gasteiger partial charge in [-0.15, -0.1) is 0 Å². The predicted octanol–water partition coefficient (Wildman–Crippen LogP) is 3.18. The van der Waals surface area contributed by atoms with Gasteiger partial charge in [-0.2, -0.15) is 5.10 Å². The van der Waals surface area contributed by atoms with E-state index in [9.17, 15) is 0 Å². The minimum absolute atomic E-state index is 0.735. The molecule has 0 spiro atoms. The van der Waals surface area contributed by atoms with Crippen molar-refractivity contribution in [3.05, 3.63) is 17.5 Å². The molecule has 3 nitrogen and oxygen atoms in total. The first-order valence-electron chi connectivity index (χ1n) is 7.95. The van der Waals surface area contributed by atoms with Crippen molar-refractivity contribution in [3.8, 4) is 0 Å². The van der Waals surface area contributed by atoms with E-state index in [4.69, 9.17) is 0 Å². The van der Waals surface area contributed by atoms with Gasteiger partial charge in [0.1, 0.15) is 0 Å². The third-order valence-electron chi connectivity index (χ3n) is 5.46. The zero-order valence-electron chi connectivity index (χ0n) is 12.4. The number of aryl methyl sites for hydroxylation is 1. The molecule has 106 valence electrons. The van der Waals surface area contributed by atoms with Crippen molar-refractivity contribution in [1.29, 1.82) is 0 Å². The van der Waals surface area contributed by atoms with Crippen molar-refractivity contribution in [2.24, 2.45) is 18.9 Å². The van der Waals surface area contributed by atoms with E-state index in [1.165, 1.54) is 56.2 Å². The summed E-state index contributed by atoms with van der Waals surface area (Å²) in [5.74, 6) is 2.06. The van der Waals surface area contributed by atoms with Gasteiger partial charge in [0.15, 0.2) is 0 Å². The maximum absolute atomic E-state index is 4.32. The molecule has 1 aromatic heterocycles. The van der Waals surface area contributed by atoms with Crippen LogP contribution < -0.4 is 5.32 Å². The minimum atomic E-state index is 0.735. The van der Waals surface area contributed by atoms with Gasteiger partial charge < -0.3 is 5.32 Å². The van der Waals surface area contributed by atoms with Crippen LogP contribution in [0.4, 0.5) is 0 Å². The molecule has 0 radical (unpaired) electrons. The molecular formula is C16H27N3. The fourth-order valence-corrected chi connectivity index (χ4v) is 4.03. The van der Waals surface area contributed by atoms with Gasteiger partial charge in [0, 0.05) is 30.9 Å². The molecular weight excluding hydrogens is 234 g/mol. The van der Waals surface area contributed by atoms with Crippen molar-refractivity contribution in [3.63, 3.8) is 0 Å². The van der Waals surface area contributed by atoms with Crippen LogP contribution in [0.2, 0.25) is 0 Å². The van der Waals surface area contributed by atoms with Gasteiger partial charge in [-0.25, -0.2) is 0 Å². The van der Waals surface area contributed by atoms with Crippen LogP contribution in [-0.2, 0) is 13.6 Å². The highest BCUT2D eigenvalue weighted by molar-refractivity contribution is 5.15. The summed E-state index contributed by atoms with van der Waals surface area (Å²) in [6.07, 6.45) is 12.2. The number of hydrogen-bond acceptors (Lipinski definition) is 2. The van der Waals surface area contributed by atoms with Crippen LogP contribution in [0.3, 0.4) is 0 Å². The van der Waals surface area contributed by atoms with E-state index in [1.807, 2.05) is 17.9 Å². The molecule has 3 rings (SSSR count). The van der Waals surface area contributed by atoms with Crippen LogP contribution in [0, 0.1) is 18.8 Å². The highest BCUT2D eigenvalue weighted by Gasteiger charge is 2.31. The predicted molar refractivity (Wildman–Crippen MR) is 77.9 cm³/mol. The SMILES string of the molecule is Cc1c(CNC2CCC3CCCCC3C2)cnn1C. The summed E-state index contributed by atoms with van der Waals surface area (Å²) in [7, 11) is 2.02. The zero-order chi connectivity index (χ0) is 13.2. The summed E-state index contributed by atoms with van der Waals surface area (Å²) in [6.45, 7) is 3.14. The van der Waals surface area contributed by atoms with E-state index >= 15 is 0 Å². The Labute approximate surface area is 116 Å². The van der Waals surface area contributed by atoms with Crippen molar-refractivity contribution in [2.75, 3.05) is 0 Å². The summed E-state index contributed by atoms with van der Waals surface area (Å²) < 4.78 is 1.97. The van der Waals surface area contributed by atoms with E-state index < -0.39 is 0 Å². The summed E-state index contributed by atoms with van der Waals surface area (Å²) in [5.41, 5.74) is 2.65. The quantitative estimate of drug-likeness (QED) is 0.905. The maximum atomic E-state index is 4.32. The van der Waals surface area contributed by atoms with E-state index in [1.54, 1.807) is 0 Å². The molecule has 19 heavy (non-hydrogen) atoms.